The Labute approximate surface area is 152 Å². The second-order valence-corrected chi connectivity index (χ2v) is 7.83. The topological polar surface area (TPSA) is 73.1 Å². The summed E-state index contributed by atoms with van der Waals surface area (Å²) in [4.78, 5) is 13.2. The maximum Gasteiger partial charge on any atom is 0.281 e. The minimum atomic E-state index is -3.55. The van der Waals surface area contributed by atoms with E-state index in [2.05, 4.69) is 4.72 Å². The first-order chi connectivity index (χ1) is 12.4. The van der Waals surface area contributed by atoms with Crippen LogP contribution in [0.25, 0.3) is 16.8 Å². The molecule has 0 saturated carbocycles. The molecule has 0 aliphatic carbocycles. The average molecular weight is 371 g/mol. The third kappa shape index (κ3) is 3.43. The molecule has 2 aromatic carbocycles. The van der Waals surface area contributed by atoms with Gasteiger partial charge in [-0.15, -0.1) is 0 Å². The number of anilines is 1. The summed E-state index contributed by atoms with van der Waals surface area (Å²) >= 11 is 0. The standard InChI is InChI=1S/C19H21N3O3S/c1-3-14-26(24,25)20-18-17(15-10-6-4-7-11-15)19(23)22(21(18)2)16-12-8-5-9-13-16/h4-13,20H,3,14H2,1-2H3. The first-order valence-corrected chi connectivity index (χ1v) is 10.0. The van der Waals surface area contributed by atoms with E-state index in [1.54, 1.807) is 42.9 Å². The van der Waals surface area contributed by atoms with Crippen molar-refractivity contribution in [1.29, 1.82) is 0 Å². The molecule has 0 radical (unpaired) electrons. The number of rotatable bonds is 6. The zero-order chi connectivity index (χ0) is 18.7. The Bertz CT molecular complexity index is 1050. The fourth-order valence-corrected chi connectivity index (χ4v) is 4.08. The zero-order valence-corrected chi connectivity index (χ0v) is 15.5. The van der Waals surface area contributed by atoms with E-state index in [-0.39, 0.29) is 17.1 Å². The van der Waals surface area contributed by atoms with Crippen molar-refractivity contribution >= 4 is 15.8 Å². The quantitative estimate of drug-likeness (QED) is 0.724. The van der Waals surface area contributed by atoms with Crippen LogP contribution in [0.3, 0.4) is 0 Å². The summed E-state index contributed by atoms with van der Waals surface area (Å²) in [5, 5.41) is 0. The maximum atomic E-state index is 13.2. The zero-order valence-electron chi connectivity index (χ0n) is 14.7. The smallest absolute Gasteiger partial charge is 0.267 e. The summed E-state index contributed by atoms with van der Waals surface area (Å²) in [6.07, 6.45) is 0.489. The van der Waals surface area contributed by atoms with Gasteiger partial charge in [-0.1, -0.05) is 55.5 Å². The van der Waals surface area contributed by atoms with Crippen molar-refractivity contribution in [2.24, 2.45) is 7.05 Å². The van der Waals surface area contributed by atoms with E-state index in [4.69, 9.17) is 0 Å². The normalized spacial score (nSPS) is 11.5. The van der Waals surface area contributed by atoms with E-state index in [1.807, 2.05) is 36.4 Å². The molecule has 136 valence electrons. The number of nitrogens with one attached hydrogen (secondary N) is 1. The fraction of sp³-hybridized carbons (Fsp3) is 0.211. The molecule has 0 bridgehead atoms. The van der Waals surface area contributed by atoms with Gasteiger partial charge in [-0.05, 0) is 24.1 Å². The molecule has 0 aliphatic heterocycles. The Morgan fingerprint density at radius 1 is 0.962 bits per heavy atom. The van der Waals surface area contributed by atoms with Gasteiger partial charge in [0.05, 0.1) is 17.0 Å². The van der Waals surface area contributed by atoms with Gasteiger partial charge < -0.3 is 0 Å². The summed E-state index contributed by atoms with van der Waals surface area (Å²) in [5.74, 6) is 0.255. The average Bonchev–Trinajstić information content (AvgIpc) is 2.86. The molecule has 0 amide bonds. The second-order valence-electron chi connectivity index (χ2n) is 5.99. The predicted octanol–water partition coefficient (Wildman–Crippen LogP) is 2.99. The molecule has 1 N–H and O–H groups in total. The van der Waals surface area contributed by atoms with Gasteiger partial charge in [-0.3, -0.25) is 14.2 Å². The summed E-state index contributed by atoms with van der Waals surface area (Å²) in [6.45, 7) is 1.80. The molecule has 0 aliphatic rings. The molecule has 26 heavy (non-hydrogen) atoms. The summed E-state index contributed by atoms with van der Waals surface area (Å²) in [7, 11) is -1.88. The number of para-hydroxylation sites is 1. The second kappa shape index (κ2) is 7.21. The van der Waals surface area contributed by atoms with Crippen molar-refractivity contribution in [2.75, 3.05) is 10.5 Å². The van der Waals surface area contributed by atoms with Crippen LogP contribution in [0, 0.1) is 0 Å². The predicted molar refractivity (Wildman–Crippen MR) is 104 cm³/mol. The molecular weight excluding hydrogens is 350 g/mol. The first kappa shape index (κ1) is 18.0. The van der Waals surface area contributed by atoms with Crippen LogP contribution in [0.15, 0.2) is 65.5 Å². The molecule has 0 atom stereocenters. The number of sulfonamides is 1. The van der Waals surface area contributed by atoms with Crippen molar-refractivity contribution in [2.45, 2.75) is 13.3 Å². The lowest BCUT2D eigenvalue weighted by Gasteiger charge is -2.12. The SMILES string of the molecule is CCCS(=O)(=O)Nc1c(-c2ccccc2)c(=O)n(-c2ccccc2)n1C. The molecule has 1 heterocycles. The number of nitrogens with zero attached hydrogens (tertiary/aromatic N) is 2. The fourth-order valence-electron chi connectivity index (χ4n) is 2.91. The van der Waals surface area contributed by atoms with Crippen molar-refractivity contribution in [3.8, 4) is 16.8 Å². The van der Waals surface area contributed by atoms with Crippen molar-refractivity contribution in [1.82, 2.24) is 9.36 Å². The Hall–Kier alpha value is -2.80. The highest BCUT2D eigenvalue weighted by Gasteiger charge is 2.23. The molecule has 1 aromatic heterocycles. The Morgan fingerprint density at radius 2 is 1.54 bits per heavy atom. The van der Waals surface area contributed by atoms with E-state index in [0.717, 1.165) is 0 Å². The Morgan fingerprint density at radius 3 is 2.12 bits per heavy atom. The van der Waals surface area contributed by atoms with Crippen LogP contribution in [0.2, 0.25) is 0 Å². The minimum Gasteiger partial charge on any atom is -0.267 e. The van der Waals surface area contributed by atoms with E-state index in [0.29, 0.717) is 23.2 Å². The van der Waals surface area contributed by atoms with E-state index in [1.165, 1.54) is 4.68 Å². The van der Waals surface area contributed by atoms with Gasteiger partial charge in [-0.2, -0.15) is 0 Å². The van der Waals surface area contributed by atoms with Crippen molar-refractivity contribution < 1.29 is 8.42 Å². The van der Waals surface area contributed by atoms with E-state index >= 15 is 0 Å². The van der Waals surface area contributed by atoms with Crippen molar-refractivity contribution in [3.05, 3.63) is 71.0 Å². The molecule has 6 nitrogen and oxygen atoms in total. The van der Waals surface area contributed by atoms with Crippen molar-refractivity contribution in [3.63, 3.8) is 0 Å². The van der Waals surface area contributed by atoms with Crippen LogP contribution in [-0.4, -0.2) is 23.5 Å². The summed E-state index contributed by atoms with van der Waals surface area (Å²) < 4.78 is 30.3. The molecule has 0 saturated heterocycles. The monoisotopic (exact) mass is 371 g/mol. The van der Waals surface area contributed by atoms with Gasteiger partial charge in [0.25, 0.3) is 5.56 Å². The lowest BCUT2D eigenvalue weighted by atomic mass is 10.1. The van der Waals surface area contributed by atoms with Crippen LogP contribution in [0.5, 0.6) is 0 Å². The van der Waals surface area contributed by atoms with E-state index < -0.39 is 10.0 Å². The third-order valence-corrected chi connectivity index (χ3v) is 5.50. The van der Waals surface area contributed by atoms with Crippen LogP contribution in [0.1, 0.15) is 13.3 Å². The highest BCUT2D eigenvalue weighted by atomic mass is 32.2. The van der Waals surface area contributed by atoms with Gasteiger partial charge >= 0.3 is 0 Å². The van der Waals surface area contributed by atoms with Crippen LogP contribution < -0.4 is 10.3 Å². The Balaban J connectivity index is 2.27. The number of benzene rings is 2. The summed E-state index contributed by atoms with van der Waals surface area (Å²) in [6, 6.07) is 18.2. The summed E-state index contributed by atoms with van der Waals surface area (Å²) in [5.41, 5.74) is 1.38. The van der Waals surface area contributed by atoms with Gasteiger partial charge in [0, 0.05) is 7.05 Å². The van der Waals surface area contributed by atoms with Gasteiger partial charge in [0.2, 0.25) is 10.0 Å². The largest absolute Gasteiger partial charge is 0.281 e. The van der Waals surface area contributed by atoms with Crippen LogP contribution in [-0.2, 0) is 17.1 Å². The first-order valence-electron chi connectivity index (χ1n) is 8.38. The molecule has 3 rings (SSSR count). The highest BCUT2D eigenvalue weighted by molar-refractivity contribution is 7.92. The van der Waals surface area contributed by atoms with Gasteiger partial charge in [0.15, 0.2) is 0 Å². The van der Waals surface area contributed by atoms with Crippen LogP contribution in [0.4, 0.5) is 5.82 Å². The molecule has 0 unspecified atom stereocenters. The lowest BCUT2D eigenvalue weighted by molar-refractivity contribution is 0.597. The highest BCUT2D eigenvalue weighted by Crippen LogP contribution is 2.27. The lowest BCUT2D eigenvalue weighted by Crippen LogP contribution is -2.21. The van der Waals surface area contributed by atoms with Gasteiger partial charge in [0.1, 0.15) is 5.82 Å². The third-order valence-electron chi connectivity index (χ3n) is 4.05. The molecule has 0 fully saturated rings. The molecule has 0 spiro atoms. The number of hydrogen-bond donors (Lipinski definition) is 1. The van der Waals surface area contributed by atoms with Crippen LogP contribution >= 0.6 is 0 Å². The Kier molecular flexibility index (Phi) is 4.99. The number of aromatic nitrogens is 2. The number of hydrogen-bond acceptors (Lipinski definition) is 3. The van der Waals surface area contributed by atoms with E-state index in [9.17, 15) is 13.2 Å². The molecular formula is C19H21N3O3S. The molecule has 7 heteroatoms. The molecule has 3 aromatic rings. The van der Waals surface area contributed by atoms with Gasteiger partial charge in [-0.25, -0.2) is 13.1 Å². The minimum absolute atomic E-state index is 0.00800. The maximum absolute atomic E-state index is 13.2.